The molecule has 3 rings (SSSR count). The first kappa shape index (κ1) is 21.8. The minimum atomic E-state index is -0.729. The summed E-state index contributed by atoms with van der Waals surface area (Å²) in [7, 11) is 0. The van der Waals surface area contributed by atoms with Gasteiger partial charge in [0.25, 0.3) is 0 Å². The summed E-state index contributed by atoms with van der Waals surface area (Å²) in [5.41, 5.74) is 0.994. The van der Waals surface area contributed by atoms with E-state index in [9.17, 15) is 8.78 Å². The van der Waals surface area contributed by atoms with Gasteiger partial charge in [-0.05, 0) is 67.1 Å². The second-order valence-electron chi connectivity index (χ2n) is 9.70. The van der Waals surface area contributed by atoms with Crippen LogP contribution in [0.25, 0.3) is 0 Å². The van der Waals surface area contributed by atoms with Gasteiger partial charge in [-0.25, -0.2) is 8.78 Å². The Morgan fingerprint density at radius 1 is 0.679 bits per heavy atom. The van der Waals surface area contributed by atoms with Crippen LogP contribution >= 0.6 is 0 Å². The van der Waals surface area contributed by atoms with Gasteiger partial charge in [0.05, 0.1) is 0 Å². The monoisotopic (exact) mass is 390 g/mol. The van der Waals surface area contributed by atoms with Gasteiger partial charge >= 0.3 is 0 Å². The molecule has 0 heterocycles. The lowest BCUT2D eigenvalue weighted by Crippen LogP contribution is -2.16. The summed E-state index contributed by atoms with van der Waals surface area (Å²) in [5, 5.41) is 0. The van der Waals surface area contributed by atoms with Gasteiger partial charge in [0.2, 0.25) is 0 Å². The van der Waals surface area contributed by atoms with Crippen molar-refractivity contribution in [3.63, 3.8) is 0 Å². The molecule has 0 unspecified atom stereocenters. The molecule has 0 atom stereocenters. The molecule has 2 saturated carbocycles. The van der Waals surface area contributed by atoms with Crippen molar-refractivity contribution in [3.8, 4) is 0 Å². The molecular weight excluding hydrogens is 350 g/mol. The fourth-order valence-electron chi connectivity index (χ4n) is 5.74. The molecule has 0 aromatic heterocycles. The Hall–Kier alpha value is -0.920. The third-order valence-electron chi connectivity index (χ3n) is 7.67. The molecule has 0 radical (unpaired) electrons. The summed E-state index contributed by atoms with van der Waals surface area (Å²) in [6, 6.07) is 4.48. The van der Waals surface area contributed by atoms with E-state index >= 15 is 0 Å². The number of hydrogen-bond donors (Lipinski definition) is 0. The van der Waals surface area contributed by atoms with Crippen molar-refractivity contribution < 1.29 is 8.78 Å². The Morgan fingerprint density at radius 3 is 1.75 bits per heavy atom. The van der Waals surface area contributed by atoms with Crippen LogP contribution in [-0.2, 0) is 0 Å². The zero-order valence-electron chi connectivity index (χ0n) is 17.9. The molecule has 0 amide bonds. The lowest BCUT2D eigenvalue weighted by atomic mass is 9.75. The number of halogens is 2. The van der Waals surface area contributed by atoms with Crippen molar-refractivity contribution in [1.29, 1.82) is 0 Å². The zero-order chi connectivity index (χ0) is 19.8. The number of benzene rings is 1. The van der Waals surface area contributed by atoms with Gasteiger partial charge in [-0.1, -0.05) is 83.6 Å². The van der Waals surface area contributed by atoms with Gasteiger partial charge in [-0.3, -0.25) is 0 Å². The molecule has 1 aromatic carbocycles. The zero-order valence-corrected chi connectivity index (χ0v) is 17.9. The van der Waals surface area contributed by atoms with E-state index in [2.05, 4.69) is 6.92 Å². The average molecular weight is 391 g/mol. The van der Waals surface area contributed by atoms with Crippen molar-refractivity contribution in [3.05, 3.63) is 35.4 Å². The van der Waals surface area contributed by atoms with E-state index in [0.717, 1.165) is 36.2 Å². The molecule has 0 bridgehead atoms. The predicted octanol–water partition coefficient (Wildman–Crippen LogP) is 8.80. The average Bonchev–Trinajstić information content (AvgIpc) is 2.72. The highest BCUT2D eigenvalue weighted by atomic mass is 19.2. The van der Waals surface area contributed by atoms with Crippen LogP contribution in [0.2, 0.25) is 0 Å². The van der Waals surface area contributed by atoms with Gasteiger partial charge in [0, 0.05) is 0 Å². The SMILES string of the molecule is CCCCCC1CCC(CCCC2CCC(c3ccc(F)c(F)c3)CC2)CC1. The summed E-state index contributed by atoms with van der Waals surface area (Å²) in [5.74, 6) is 1.86. The molecule has 2 aliphatic carbocycles. The quantitative estimate of drug-likeness (QED) is 0.369. The minimum absolute atomic E-state index is 0.425. The summed E-state index contributed by atoms with van der Waals surface area (Å²) in [4.78, 5) is 0. The minimum Gasteiger partial charge on any atom is -0.204 e. The van der Waals surface area contributed by atoms with Gasteiger partial charge in [0.1, 0.15) is 0 Å². The van der Waals surface area contributed by atoms with E-state index in [1.807, 2.05) is 0 Å². The maximum atomic E-state index is 13.5. The number of unbranched alkanes of at least 4 members (excludes halogenated alkanes) is 2. The van der Waals surface area contributed by atoms with Crippen molar-refractivity contribution in [2.75, 3.05) is 0 Å². The van der Waals surface area contributed by atoms with Gasteiger partial charge in [-0.2, -0.15) is 0 Å². The molecule has 28 heavy (non-hydrogen) atoms. The molecule has 0 nitrogen and oxygen atoms in total. The van der Waals surface area contributed by atoms with Crippen LogP contribution in [0.1, 0.15) is 115 Å². The van der Waals surface area contributed by atoms with Gasteiger partial charge in [0.15, 0.2) is 11.6 Å². The van der Waals surface area contributed by atoms with Gasteiger partial charge in [-0.15, -0.1) is 0 Å². The van der Waals surface area contributed by atoms with E-state index in [1.165, 1.54) is 95.6 Å². The molecule has 0 N–H and O–H groups in total. The van der Waals surface area contributed by atoms with E-state index in [-0.39, 0.29) is 0 Å². The normalized spacial score (nSPS) is 28.4. The van der Waals surface area contributed by atoms with Crippen molar-refractivity contribution in [2.45, 2.75) is 109 Å². The Balaban J connectivity index is 1.28. The summed E-state index contributed by atoms with van der Waals surface area (Å²) in [6.45, 7) is 2.30. The molecule has 2 fully saturated rings. The molecule has 2 aliphatic rings. The Bertz CT molecular complexity index is 566. The maximum Gasteiger partial charge on any atom is 0.159 e. The van der Waals surface area contributed by atoms with Gasteiger partial charge < -0.3 is 0 Å². The molecular formula is C26H40F2. The van der Waals surface area contributed by atoms with E-state index in [0.29, 0.717) is 5.92 Å². The standard InChI is InChI=1S/C26H40F2/c1-2-3-4-6-20-9-11-21(12-10-20)7-5-8-22-13-15-23(16-14-22)24-17-18-25(27)26(28)19-24/h17-23H,2-16H2,1H3. The smallest absolute Gasteiger partial charge is 0.159 e. The fourth-order valence-corrected chi connectivity index (χ4v) is 5.74. The van der Waals surface area contributed by atoms with E-state index in [1.54, 1.807) is 6.07 Å². The largest absolute Gasteiger partial charge is 0.204 e. The molecule has 1 aromatic rings. The van der Waals surface area contributed by atoms with E-state index < -0.39 is 11.6 Å². The molecule has 2 heteroatoms. The second kappa shape index (κ2) is 11.3. The van der Waals surface area contributed by atoms with Crippen LogP contribution in [-0.4, -0.2) is 0 Å². The van der Waals surface area contributed by atoms with Crippen LogP contribution in [0, 0.1) is 29.4 Å². The Kier molecular flexibility index (Phi) is 8.80. The number of hydrogen-bond acceptors (Lipinski definition) is 0. The lowest BCUT2D eigenvalue weighted by molar-refractivity contribution is 0.234. The first-order valence-electron chi connectivity index (χ1n) is 12.1. The molecule has 0 aliphatic heterocycles. The maximum absolute atomic E-state index is 13.5. The lowest BCUT2D eigenvalue weighted by Gasteiger charge is -2.31. The predicted molar refractivity (Wildman–Crippen MR) is 114 cm³/mol. The Labute approximate surface area is 171 Å². The molecule has 0 saturated heterocycles. The molecule has 0 spiro atoms. The highest BCUT2D eigenvalue weighted by Gasteiger charge is 2.24. The van der Waals surface area contributed by atoms with E-state index in [4.69, 9.17) is 0 Å². The first-order chi connectivity index (χ1) is 13.7. The number of rotatable bonds is 9. The highest BCUT2D eigenvalue weighted by molar-refractivity contribution is 5.22. The third-order valence-corrected chi connectivity index (χ3v) is 7.67. The first-order valence-corrected chi connectivity index (χ1v) is 12.1. The summed E-state index contributed by atoms with van der Waals surface area (Å²) < 4.78 is 26.6. The third kappa shape index (κ3) is 6.56. The second-order valence-corrected chi connectivity index (χ2v) is 9.70. The topological polar surface area (TPSA) is 0 Å². The fraction of sp³-hybridized carbons (Fsp3) is 0.769. The molecule has 158 valence electrons. The van der Waals surface area contributed by atoms with Crippen LogP contribution in [0.3, 0.4) is 0 Å². The highest BCUT2D eigenvalue weighted by Crippen LogP contribution is 2.39. The van der Waals surface area contributed by atoms with Crippen LogP contribution in [0.5, 0.6) is 0 Å². The summed E-state index contributed by atoms with van der Waals surface area (Å²) >= 11 is 0. The van der Waals surface area contributed by atoms with Crippen LogP contribution < -0.4 is 0 Å². The summed E-state index contributed by atoms with van der Waals surface area (Å²) in [6.07, 6.45) is 20.6. The van der Waals surface area contributed by atoms with Crippen LogP contribution in [0.4, 0.5) is 8.78 Å². The van der Waals surface area contributed by atoms with Crippen molar-refractivity contribution >= 4 is 0 Å². The Morgan fingerprint density at radius 2 is 1.21 bits per heavy atom. The van der Waals surface area contributed by atoms with Crippen molar-refractivity contribution in [2.24, 2.45) is 17.8 Å². The van der Waals surface area contributed by atoms with Crippen molar-refractivity contribution in [1.82, 2.24) is 0 Å². The van der Waals surface area contributed by atoms with Crippen LogP contribution in [0.15, 0.2) is 18.2 Å².